The zero-order chi connectivity index (χ0) is 54.8. The normalized spacial score (nSPS) is 12.3. The Hall–Kier alpha value is -10.9. The van der Waals surface area contributed by atoms with Gasteiger partial charge in [0.2, 0.25) is 0 Å². The Morgan fingerprint density at radius 2 is 0.506 bits per heavy atom. The molecule has 0 fully saturated rings. The number of aromatic nitrogens is 3. The summed E-state index contributed by atoms with van der Waals surface area (Å²) in [6, 6.07) is 109. The minimum Gasteiger partial charge on any atom is -0.311 e. The summed E-state index contributed by atoms with van der Waals surface area (Å²) < 4.78 is 0. The van der Waals surface area contributed by atoms with E-state index in [9.17, 15) is 0 Å². The van der Waals surface area contributed by atoms with Crippen LogP contribution in [0.25, 0.3) is 100 Å². The van der Waals surface area contributed by atoms with E-state index in [4.69, 9.17) is 15.0 Å². The van der Waals surface area contributed by atoms with Crippen LogP contribution in [0.2, 0.25) is 0 Å². The molecular formula is C77H50BN5. The van der Waals surface area contributed by atoms with E-state index in [1.807, 2.05) is 0 Å². The SMILES string of the molecule is c1ccc(-c2cc(-c3ccccc3)cc(-c3nc(-c4cc(-c5ccccc5)cc(-c5ccccc5)c4)nc(-c4cc5c6c(c4)N(c4ccccc4)c4ccc7ccccc7c4B6c4c(ccc6ccccc46)N5c4ccccc4)n3)c2)cc1. The highest BCUT2D eigenvalue weighted by molar-refractivity contribution is 7.03. The van der Waals surface area contributed by atoms with Crippen LogP contribution < -0.4 is 26.2 Å². The van der Waals surface area contributed by atoms with E-state index in [0.29, 0.717) is 17.5 Å². The molecule has 5 nitrogen and oxygen atoms in total. The van der Waals surface area contributed by atoms with Gasteiger partial charge >= 0.3 is 0 Å². The van der Waals surface area contributed by atoms with Crippen molar-refractivity contribution in [2.24, 2.45) is 0 Å². The van der Waals surface area contributed by atoms with Crippen molar-refractivity contribution < 1.29 is 0 Å². The van der Waals surface area contributed by atoms with E-state index in [-0.39, 0.29) is 6.71 Å². The van der Waals surface area contributed by atoms with Crippen LogP contribution in [0.4, 0.5) is 34.1 Å². The lowest BCUT2D eigenvalue weighted by Gasteiger charge is -2.45. The molecule has 83 heavy (non-hydrogen) atoms. The van der Waals surface area contributed by atoms with Crippen molar-refractivity contribution >= 4 is 78.8 Å². The minimum absolute atomic E-state index is 0.144. The molecule has 14 aromatic rings. The summed E-state index contributed by atoms with van der Waals surface area (Å²) in [4.78, 5) is 21.9. The van der Waals surface area contributed by atoms with Crippen molar-refractivity contribution in [3.63, 3.8) is 0 Å². The largest absolute Gasteiger partial charge is 0.311 e. The molecule has 13 aromatic carbocycles. The van der Waals surface area contributed by atoms with Crippen molar-refractivity contribution in [2.75, 3.05) is 9.80 Å². The Labute approximate surface area is 482 Å². The fourth-order valence-electron chi connectivity index (χ4n) is 12.9. The molecule has 0 radical (unpaired) electrons. The minimum atomic E-state index is -0.144. The third-order valence-corrected chi connectivity index (χ3v) is 16.6. The fraction of sp³-hybridized carbons (Fsp3) is 0. The molecule has 0 spiro atoms. The smallest absolute Gasteiger partial charge is 0.253 e. The van der Waals surface area contributed by atoms with Gasteiger partial charge in [-0.05, 0) is 167 Å². The maximum absolute atomic E-state index is 5.70. The van der Waals surface area contributed by atoms with Crippen molar-refractivity contribution in [1.29, 1.82) is 0 Å². The van der Waals surface area contributed by atoms with E-state index in [2.05, 4.69) is 313 Å². The molecule has 0 bridgehead atoms. The monoisotopic (exact) mass is 1060 g/mol. The summed E-state index contributed by atoms with van der Waals surface area (Å²) in [7, 11) is 0. The predicted octanol–water partition coefficient (Wildman–Crippen LogP) is 17.9. The number of nitrogens with zero attached hydrogens (tertiary/aromatic N) is 5. The molecule has 1 aromatic heterocycles. The molecule has 6 heteroatoms. The van der Waals surface area contributed by atoms with Gasteiger partial charge in [-0.2, -0.15) is 0 Å². The molecule has 386 valence electrons. The topological polar surface area (TPSA) is 45.2 Å². The second-order valence-electron chi connectivity index (χ2n) is 21.5. The second kappa shape index (κ2) is 20.0. The molecule has 0 aliphatic carbocycles. The van der Waals surface area contributed by atoms with E-state index in [1.165, 1.54) is 37.9 Å². The molecule has 0 amide bonds. The van der Waals surface area contributed by atoms with Crippen molar-refractivity contribution in [1.82, 2.24) is 15.0 Å². The lowest BCUT2D eigenvalue weighted by Crippen LogP contribution is -2.61. The maximum atomic E-state index is 5.70. The molecule has 0 unspecified atom stereocenters. The van der Waals surface area contributed by atoms with Gasteiger partial charge in [0.05, 0.1) is 0 Å². The van der Waals surface area contributed by atoms with E-state index in [1.54, 1.807) is 0 Å². The van der Waals surface area contributed by atoms with Crippen LogP contribution in [0.15, 0.2) is 303 Å². The summed E-state index contributed by atoms with van der Waals surface area (Å²) in [5.74, 6) is 1.71. The standard InChI is InChI=1S/C77H50BN5/c1-7-23-51(24-8-1)57-43-58(52-25-9-2-10-26-52)46-61(45-57)75-79-76(62-47-59(53-27-11-3-12-28-53)44-60(48-62)54-29-13-4-14-30-54)81-77(80-75)63-49-70-74-71(50-63)83(65-35-17-6-18-36-65)69-42-40-56-32-20-22-38-67(56)73(69)78(74)72-66-37-21-19-31-55(66)39-41-68(72)82(70)64-33-15-5-16-34-64/h1-50H. The van der Waals surface area contributed by atoms with Gasteiger partial charge in [-0.15, -0.1) is 0 Å². The van der Waals surface area contributed by atoms with Crippen molar-refractivity contribution in [2.45, 2.75) is 0 Å². The van der Waals surface area contributed by atoms with Gasteiger partial charge in [0.25, 0.3) is 6.71 Å². The Morgan fingerprint density at radius 3 is 0.855 bits per heavy atom. The average molecular weight is 1060 g/mol. The highest BCUT2D eigenvalue weighted by atomic mass is 15.2. The number of fused-ring (bicyclic) bond motifs is 8. The quantitative estimate of drug-likeness (QED) is 0.135. The summed E-state index contributed by atoms with van der Waals surface area (Å²) in [5, 5.41) is 4.88. The maximum Gasteiger partial charge on any atom is 0.253 e. The number of rotatable bonds is 9. The van der Waals surface area contributed by atoms with Crippen LogP contribution in [0.1, 0.15) is 0 Å². The Balaban J connectivity index is 1.02. The van der Waals surface area contributed by atoms with Crippen LogP contribution in [-0.4, -0.2) is 21.7 Å². The molecule has 0 atom stereocenters. The number of para-hydroxylation sites is 2. The van der Waals surface area contributed by atoms with Crippen molar-refractivity contribution in [3.8, 4) is 78.7 Å². The second-order valence-corrected chi connectivity index (χ2v) is 21.5. The fourth-order valence-corrected chi connectivity index (χ4v) is 12.9. The van der Waals surface area contributed by atoms with E-state index in [0.717, 1.165) is 95.3 Å². The number of anilines is 6. The summed E-state index contributed by atoms with van der Waals surface area (Å²) in [6.07, 6.45) is 0. The van der Waals surface area contributed by atoms with Crippen LogP contribution in [-0.2, 0) is 0 Å². The third kappa shape index (κ3) is 8.38. The number of hydrogen-bond acceptors (Lipinski definition) is 5. The zero-order valence-corrected chi connectivity index (χ0v) is 45.2. The van der Waals surface area contributed by atoms with Gasteiger partial charge in [0, 0.05) is 50.8 Å². The summed E-state index contributed by atoms with van der Waals surface area (Å²) in [5.41, 5.74) is 21.6. The predicted molar refractivity (Wildman–Crippen MR) is 347 cm³/mol. The van der Waals surface area contributed by atoms with Gasteiger partial charge < -0.3 is 9.80 Å². The van der Waals surface area contributed by atoms with Gasteiger partial charge in [-0.3, -0.25) is 0 Å². The molecule has 2 aliphatic heterocycles. The first-order valence-corrected chi connectivity index (χ1v) is 28.4. The van der Waals surface area contributed by atoms with Gasteiger partial charge in [-0.1, -0.05) is 218 Å². The zero-order valence-electron chi connectivity index (χ0n) is 45.2. The molecule has 16 rings (SSSR count). The molecule has 2 aliphatic rings. The van der Waals surface area contributed by atoms with Gasteiger partial charge in [-0.25, -0.2) is 15.0 Å². The Bertz CT molecular complexity index is 4380. The van der Waals surface area contributed by atoms with Crippen LogP contribution >= 0.6 is 0 Å². The van der Waals surface area contributed by atoms with Crippen molar-refractivity contribution in [3.05, 3.63) is 303 Å². The average Bonchev–Trinajstić information content (AvgIpc) is 1.23. The first-order valence-electron chi connectivity index (χ1n) is 28.4. The van der Waals surface area contributed by atoms with Gasteiger partial charge in [0.1, 0.15) is 0 Å². The summed E-state index contributed by atoms with van der Waals surface area (Å²) in [6.45, 7) is -0.144. The van der Waals surface area contributed by atoms with Crippen LogP contribution in [0.5, 0.6) is 0 Å². The van der Waals surface area contributed by atoms with Crippen LogP contribution in [0, 0.1) is 0 Å². The lowest BCUT2D eigenvalue weighted by molar-refractivity contribution is 1.07. The Morgan fingerprint density at radius 1 is 0.217 bits per heavy atom. The lowest BCUT2D eigenvalue weighted by atomic mass is 9.32. The molecule has 3 heterocycles. The first kappa shape index (κ1) is 48.0. The van der Waals surface area contributed by atoms with Crippen LogP contribution in [0.3, 0.4) is 0 Å². The van der Waals surface area contributed by atoms with Gasteiger partial charge in [0.15, 0.2) is 17.5 Å². The third-order valence-electron chi connectivity index (χ3n) is 16.6. The van der Waals surface area contributed by atoms with E-state index < -0.39 is 0 Å². The molecular weight excluding hydrogens is 1010 g/mol. The number of hydrogen-bond donors (Lipinski definition) is 0. The summed E-state index contributed by atoms with van der Waals surface area (Å²) >= 11 is 0. The molecule has 0 N–H and O–H groups in total. The molecule has 0 saturated carbocycles. The molecule has 0 saturated heterocycles. The Kier molecular flexibility index (Phi) is 11.6. The highest BCUT2D eigenvalue weighted by Crippen LogP contribution is 2.48. The van der Waals surface area contributed by atoms with E-state index >= 15 is 0 Å². The first-order chi connectivity index (χ1) is 41.1. The highest BCUT2D eigenvalue weighted by Gasteiger charge is 2.45. The number of benzene rings is 13.